The summed E-state index contributed by atoms with van der Waals surface area (Å²) in [6.07, 6.45) is 4.76. The number of nitrogens with zero attached hydrogens (tertiary/aromatic N) is 3. The van der Waals surface area contributed by atoms with E-state index >= 15 is 0 Å². The maximum Gasteiger partial charge on any atom is 0.238 e. The van der Waals surface area contributed by atoms with Crippen LogP contribution in [0.2, 0.25) is 0 Å². The topological polar surface area (TPSA) is 93.6 Å². The smallest absolute Gasteiger partial charge is 0.238 e. The first-order chi connectivity index (χ1) is 9.83. The molecule has 6 nitrogen and oxygen atoms in total. The third-order valence-electron chi connectivity index (χ3n) is 3.08. The highest BCUT2D eigenvalue weighted by Gasteiger charge is 2.12. The van der Waals surface area contributed by atoms with Crippen molar-refractivity contribution in [1.82, 2.24) is 20.1 Å². The molecule has 0 fully saturated rings. The highest BCUT2D eigenvalue weighted by molar-refractivity contribution is 5.40. The fourth-order valence-corrected chi connectivity index (χ4v) is 1.99. The third-order valence-corrected chi connectivity index (χ3v) is 3.08. The summed E-state index contributed by atoms with van der Waals surface area (Å²) in [6.45, 7) is 0. The van der Waals surface area contributed by atoms with E-state index in [1.807, 2.05) is 30.3 Å². The Morgan fingerprint density at radius 1 is 1.25 bits per heavy atom. The van der Waals surface area contributed by atoms with Gasteiger partial charge in [-0.3, -0.25) is 0 Å². The molecule has 0 aliphatic rings. The second-order valence-electron chi connectivity index (χ2n) is 4.51. The summed E-state index contributed by atoms with van der Waals surface area (Å²) in [5, 5.41) is 3.89. The summed E-state index contributed by atoms with van der Waals surface area (Å²) in [7, 11) is 0. The molecule has 3 aromatic rings. The minimum atomic E-state index is -0.0323. The number of aryl methyl sites for hydroxylation is 1. The molecule has 3 rings (SSSR count). The largest absolute Gasteiger partial charge is 0.342 e. The molecule has 2 aromatic heterocycles. The lowest BCUT2D eigenvalue weighted by molar-refractivity contribution is 0.371. The molecule has 3 N–H and O–H groups in total. The van der Waals surface area contributed by atoms with Gasteiger partial charge in [0, 0.05) is 24.9 Å². The Labute approximate surface area is 116 Å². The van der Waals surface area contributed by atoms with Gasteiger partial charge in [0.05, 0.1) is 0 Å². The fourth-order valence-electron chi connectivity index (χ4n) is 1.99. The lowest BCUT2D eigenvalue weighted by atomic mass is 10.0. The van der Waals surface area contributed by atoms with Gasteiger partial charge in [0.1, 0.15) is 0 Å². The molecule has 1 unspecified atom stereocenters. The van der Waals surface area contributed by atoms with Crippen LogP contribution in [0.5, 0.6) is 0 Å². The van der Waals surface area contributed by atoms with Crippen molar-refractivity contribution in [1.29, 1.82) is 0 Å². The quantitative estimate of drug-likeness (QED) is 0.739. The van der Waals surface area contributed by atoms with E-state index in [-0.39, 0.29) is 6.04 Å². The molecule has 6 heteroatoms. The predicted molar refractivity (Wildman–Crippen MR) is 73.6 cm³/mol. The van der Waals surface area contributed by atoms with Crippen LogP contribution in [0.25, 0.3) is 11.6 Å². The van der Waals surface area contributed by atoms with E-state index in [0.29, 0.717) is 24.0 Å². The Bertz CT molecular complexity index is 647. The van der Waals surface area contributed by atoms with Crippen LogP contribution in [0.3, 0.4) is 0 Å². The minimum absolute atomic E-state index is 0.0323. The summed E-state index contributed by atoms with van der Waals surface area (Å²) in [6, 6.07) is 9.95. The van der Waals surface area contributed by atoms with Crippen LogP contribution in [0.1, 0.15) is 23.9 Å². The van der Waals surface area contributed by atoms with E-state index in [4.69, 9.17) is 10.3 Å². The van der Waals surface area contributed by atoms with Crippen molar-refractivity contribution in [2.75, 3.05) is 0 Å². The number of benzene rings is 1. The number of aromatic amines is 1. The molecule has 1 atom stereocenters. The third kappa shape index (κ3) is 2.75. The number of hydrogen-bond donors (Lipinski definition) is 2. The number of nitrogens with two attached hydrogens (primary N) is 1. The molecule has 0 saturated heterocycles. The van der Waals surface area contributed by atoms with Crippen molar-refractivity contribution in [2.45, 2.75) is 18.9 Å². The maximum atomic E-state index is 6.14. The first-order valence-corrected chi connectivity index (χ1v) is 6.46. The molecule has 0 radical (unpaired) electrons. The molecule has 1 aromatic carbocycles. The number of hydrogen-bond acceptors (Lipinski definition) is 5. The van der Waals surface area contributed by atoms with Crippen molar-refractivity contribution in [3.05, 3.63) is 54.2 Å². The van der Waals surface area contributed by atoms with Gasteiger partial charge in [-0.1, -0.05) is 35.5 Å². The number of nitrogens with one attached hydrogen (secondary N) is 1. The Balaban J connectivity index is 1.62. The van der Waals surface area contributed by atoms with Gasteiger partial charge in [0.15, 0.2) is 5.82 Å². The standard InChI is InChI=1S/C14H15N5O/c15-11(10-4-2-1-3-5-10)6-7-12-18-14(19-20-12)13-16-8-9-17-13/h1-5,8-9,11H,6-7,15H2,(H,16,17). The second-order valence-corrected chi connectivity index (χ2v) is 4.51. The summed E-state index contributed by atoms with van der Waals surface area (Å²) in [5.74, 6) is 1.65. The van der Waals surface area contributed by atoms with Crippen molar-refractivity contribution >= 4 is 0 Å². The predicted octanol–water partition coefficient (Wildman–Crippen LogP) is 2.09. The summed E-state index contributed by atoms with van der Waals surface area (Å²) >= 11 is 0. The molecule has 0 aliphatic carbocycles. The summed E-state index contributed by atoms with van der Waals surface area (Å²) in [4.78, 5) is 11.3. The maximum absolute atomic E-state index is 6.14. The molecule has 0 amide bonds. The molecular formula is C14H15N5O. The van der Waals surface area contributed by atoms with Crippen molar-refractivity contribution in [2.24, 2.45) is 5.73 Å². The molecule has 2 heterocycles. The highest BCUT2D eigenvalue weighted by atomic mass is 16.5. The number of aromatic nitrogens is 4. The van der Waals surface area contributed by atoms with Crippen molar-refractivity contribution in [3.63, 3.8) is 0 Å². The van der Waals surface area contributed by atoms with Gasteiger partial charge >= 0.3 is 0 Å². The van der Waals surface area contributed by atoms with Gasteiger partial charge in [-0.25, -0.2) is 4.98 Å². The Morgan fingerprint density at radius 2 is 2.10 bits per heavy atom. The van der Waals surface area contributed by atoms with E-state index in [2.05, 4.69) is 20.1 Å². The zero-order chi connectivity index (χ0) is 13.8. The number of rotatable bonds is 5. The van der Waals surface area contributed by atoms with Crippen LogP contribution in [-0.4, -0.2) is 20.1 Å². The molecule has 0 saturated carbocycles. The van der Waals surface area contributed by atoms with Gasteiger partial charge in [0.25, 0.3) is 0 Å². The molecular weight excluding hydrogens is 254 g/mol. The molecule has 0 aliphatic heterocycles. The van der Waals surface area contributed by atoms with E-state index in [0.717, 1.165) is 12.0 Å². The van der Waals surface area contributed by atoms with Gasteiger partial charge in [-0.05, 0) is 12.0 Å². The SMILES string of the molecule is NC(CCc1nc(-c2ncc[nH]2)no1)c1ccccc1. The molecule has 0 bridgehead atoms. The summed E-state index contributed by atoms with van der Waals surface area (Å²) < 4.78 is 5.20. The molecule has 20 heavy (non-hydrogen) atoms. The number of imidazole rings is 1. The van der Waals surface area contributed by atoms with Crippen LogP contribution in [0, 0.1) is 0 Å². The van der Waals surface area contributed by atoms with E-state index in [9.17, 15) is 0 Å². The lowest BCUT2D eigenvalue weighted by Crippen LogP contribution is -2.11. The normalized spacial score (nSPS) is 12.4. The van der Waals surface area contributed by atoms with Crippen LogP contribution in [0.15, 0.2) is 47.2 Å². The van der Waals surface area contributed by atoms with Crippen molar-refractivity contribution in [3.8, 4) is 11.6 Å². The summed E-state index contributed by atoms with van der Waals surface area (Å²) in [5.41, 5.74) is 7.25. The van der Waals surface area contributed by atoms with E-state index in [1.54, 1.807) is 12.4 Å². The van der Waals surface area contributed by atoms with Gasteiger partial charge in [-0.2, -0.15) is 4.98 Å². The Hall–Kier alpha value is -2.47. The zero-order valence-corrected chi connectivity index (χ0v) is 10.9. The van der Waals surface area contributed by atoms with Crippen LogP contribution >= 0.6 is 0 Å². The van der Waals surface area contributed by atoms with E-state index in [1.165, 1.54) is 0 Å². The average Bonchev–Trinajstić information content (AvgIpc) is 3.16. The Kier molecular flexibility index (Phi) is 3.56. The zero-order valence-electron chi connectivity index (χ0n) is 10.9. The van der Waals surface area contributed by atoms with Crippen LogP contribution in [-0.2, 0) is 6.42 Å². The highest BCUT2D eigenvalue weighted by Crippen LogP contribution is 2.17. The monoisotopic (exact) mass is 269 g/mol. The van der Waals surface area contributed by atoms with Crippen LogP contribution < -0.4 is 5.73 Å². The molecule has 0 spiro atoms. The number of H-pyrrole nitrogens is 1. The van der Waals surface area contributed by atoms with Gasteiger partial charge < -0.3 is 15.2 Å². The fraction of sp³-hybridized carbons (Fsp3) is 0.214. The van der Waals surface area contributed by atoms with E-state index < -0.39 is 0 Å². The van der Waals surface area contributed by atoms with Gasteiger partial charge in [0.2, 0.25) is 11.7 Å². The van der Waals surface area contributed by atoms with Gasteiger partial charge in [-0.15, -0.1) is 0 Å². The second kappa shape index (κ2) is 5.66. The Morgan fingerprint density at radius 3 is 2.85 bits per heavy atom. The molecule has 102 valence electrons. The minimum Gasteiger partial charge on any atom is -0.342 e. The van der Waals surface area contributed by atoms with Crippen LogP contribution in [0.4, 0.5) is 0 Å². The first-order valence-electron chi connectivity index (χ1n) is 6.46. The lowest BCUT2D eigenvalue weighted by Gasteiger charge is -2.09. The first kappa shape index (κ1) is 12.6. The van der Waals surface area contributed by atoms with Crippen molar-refractivity contribution < 1.29 is 4.52 Å². The average molecular weight is 269 g/mol.